The highest BCUT2D eigenvalue weighted by atomic mass is 19.3. The van der Waals surface area contributed by atoms with E-state index in [9.17, 15) is 8.78 Å². The number of rotatable bonds is 4. The number of halogens is 2. The fourth-order valence-corrected chi connectivity index (χ4v) is 2.45. The lowest BCUT2D eigenvalue weighted by Crippen LogP contribution is -2.46. The summed E-state index contributed by atoms with van der Waals surface area (Å²) in [7, 11) is 0. The number of alkyl halides is 2. The van der Waals surface area contributed by atoms with Crippen molar-refractivity contribution in [2.24, 2.45) is 0 Å². The van der Waals surface area contributed by atoms with Crippen LogP contribution in [0, 0.1) is 6.92 Å². The van der Waals surface area contributed by atoms with Gasteiger partial charge in [-0.05, 0) is 6.92 Å². The number of nitrogens with zero attached hydrogens (tertiary/aromatic N) is 6. The highest BCUT2D eigenvalue weighted by Crippen LogP contribution is 2.22. The quantitative estimate of drug-likeness (QED) is 0.846. The predicted molar refractivity (Wildman–Crippen MR) is 73.5 cm³/mol. The van der Waals surface area contributed by atoms with Crippen molar-refractivity contribution in [2.45, 2.75) is 19.9 Å². The van der Waals surface area contributed by atoms with E-state index in [2.05, 4.69) is 25.0 Å². The van der Waals surface area contributed by atoms with E-state index in [4.69, 9.17) is 4.52 Å². The fourth-order valence-electron chi connectivity index (χ4n) is 2.45. The third-order valence-corrected chi connectivity index (χ3v) is 3.54. The third kappa shape index (κ3) is 3.35. The standard InChI is InChI=1S/C13H16F2N6O/c1-9-17-10(13(14)15)6-12(18-9)21-4-2-20(3-5-21)7-11-16-8-22-19-11/h6,8,13H,2-5,7H2,1H3. The molecule has 0 amide bonds. The van der Waals surface area contributed by atoms with E-state index in [1.807, 2.05) is 4.90 Å². The van der Waals surface area contributed by atoms with Gasteiger partial charge >= 0.3 is 0 Å². The van der Waals surface area contributed by atoms with Crippen LogP contribution in [0.5, 0.6) is 0 Å². The SMILES string of the molecule is Cc1nc(C(F)F)cc(N2CCN(Cc3ncon3)CC2)n1. The Balaban J connectivity index is 1.63. The molecule has 0 unspecified atom stereocenters. The molecule has 0 N–H and O–H groups in total. The van der Waals surface area contributed by atoms with Crippen LogP contribution in [0.25, 0.3) is 0 Å². The molecule has 22 heavy (non-hydrogen) atoms. The van der Waals surface area contributed by atoms with Gasteiger partial charge in [0.05, 0.1) is 6.54 Å². The van der Waals surface area contributed by atoms with E-state index >= 15 is 0 Å². The summed E-state index contributed by atoms with van der Waals surface area (Å²) >= 11 is 0. The lowest BCUT2D eigenvalue weighted by molar-refractivity contribution is 0.145. The first-order chi connectivity index (χ1) is 10.6. The van der Waals surface area contributed by atoms with Crippen LogP contribution < -0.4 is 4.90 Å². The van der Waals surface area contributed by atoms with Gasteiger partial charge in [0.1, 0.15) is 17.3 Å². The summed E-state index contributed by atoms with van der Waals surface area (Å²) in [6.45, 7) is 5.22. The molecule has 0 bridgehead atoms. The molecule has 3 rings (SSSR count). The second-order valence-corrected chi connectivity index (χ2v) is 5.11. The highest BCUT2D eigenvalue weighted by Gasteiger charge is 2.21. The van der Waals surface area contributed by atoms with Crippen LogP contribution in [-0.2, 0) is 6.54 Å². The smallest absolute Gasteiger partial charge is 0.280 e. The fraction of sp³-hybridized carbons (Fsp3) is 0.538. The summed E-state index contributed by atoms with van der Waals surface area (Å²) in [6.07, 6.45) is -1.28. The number of piperazine rings is 1. The van der Waals surface area contributed by atoms with Crippen LogP contribution in [0.15, 0.2) is 17.0 Å². The van der Waals surface area contributed by atoms with Crippen LogP contribution >= 0.6 is 0 Å². The van der Waals surface area contributed by atoms with E-state index in [1.165, 1.54) is 12.5 Å². The number of aryl methyl sites for hydroxylation is 1. The molecule has 3 heterocycles. The normalized spacial score (nSPS) is 16.5. The van der Waals surface area contributed by atoms with E-state index in [0.29, 0.717) is 37.1 Å². The predicted octanol–water partition coefficient (Wildman–Crippen LogP) is 1.43. The van der Waals surface area contributed by atoms with Gasteiger partial charge in [0.2, 0.25) is 6.39 Å². The van der Waals surface area contributed by atoms with Gasteiger partial charge in [-0.15, -0.1) is 0 Å². The zero-order valence-corrected chi connectivity index (χ0v) is 12.1. The van der Waals surface area contributed by atoms with Crippen molar-refractivity contribution in [3.05, 3.63) is 29.8 Å². The number of aromatic nitrogens is 4. The molecule has 2 aromatic heterocycles. The molecular formula is C13H16F2N6O. The molecule has 0 saturated carbocycles. The molecule has 0 atom stereocenters. The first kappa shape index (κ1) is 14.8. The first-order valence-electron chi connectivity index (χ1n) is 6.98. The van der Waals surface area contributed by atoms with Crippen molar-refractivity contribution in [1.82, 2.24) is 25.0 Å². The molecule has 9 heteroatoms. The molecule has 0 aromatic carbocycles. The van der Waals surface area contributed by atoms with Crippen molar-refractivity contribution in [2.75, 3.05) is 31.1 Å². The first-order valence-corrected chi connectivity index (χ1v) is 6.98. The van der Waals surface area contributed by atoms with Crippen molar-refractivity contribution in [3.8, 4) is 0 Å². The van der Waals surface area contributed by atoms with E-state index < -0.39 is 6.43 Å². The number of anilines is 1. The molecule has 2 aromatic rings. The number of hydrogen-bond donors (Lipinski definition) is 0. The topological polar surface area (TPSA) is 71.2 Å². The molecule has 0 spiro atoms. The maximum absolute atomic E-state index is 12.8. The van der Waals surface area contributed by atoms with Gasteiger partial charge < -0.3 is 9.42 Å². The zero-order chi connectivity index (χ0) is 15.5. The van der Waals surface area contributed by atoms with E-state index in [0.717, 1.165) is 13.1 Å². The van der Waals surface area contributed by atoms with Crippen molar-refractivity contribution in [1.29, 1.82) is 0 Å². The lowest BCUT2D eigenvalue weighted by Gasteiger charge is -2.34. The average molecular weight is 310 g/mol. The number of hydrogen-bond acceptors (Lipinski definition) is 7. The van der Waals surface area contributed by atoms with E-state index in [-0.39, 0.29) is 5.69 Å². The zero-order valence-electron chi connectivity index (χ0n) is 12.1. The van der Waals surface area contributed by atoms with Crippen molar-refractivity contribution < 1.29 is 13.3 Å². The van der Waals surface area contributed by atoms with Crippen LogP contribution in [0.1, 0.15) is 23.8 Å². The summed E-state index contributed by atoms with van der Waals surface area (Å²) in [5, 5.41) is 3.78. The van der Waals surface area contributed by atoms with E-state index in [1.54, 1.807) is 6.92 Å². The summed E-state index contributed by atoms with van der Waals surface area (Å²) < 4.78 is 30.4. The van der Waals surface area contributed by atoms with Gasteiger partial charge in [-0.25, -0.2) is 18.7 Å². The maximum Gasteiger partial charge on any atom is 0.280 e. The third-order valence-electron chi connectivity index (χ3n) is 3.54. The minimum absolute atomic E-state index is 0.225. The summed E-state index contributed by atoms with van der Waals surface area (Å²) in [4.78, 5) is 16.2. The summed E-state index contributed by atoms with van der Waals surface area (Å²) in [5.41, 5.74) is -0.225. The summed E-state index contributed by atoms with van der Waals surface area (Å²) in [6, 6.07) is 1.37. The molecular weight excluding hydrogens is 294 g/mol. The van der Waals surface area contributed by atoms with Gasteiger partial charge in [-0.3, -0.25) is 4.90 Å². The Morgan fingerprint density at radius 3 is 2.64 bits per heavy atom. The largest absolute Gasteiger partial charge is 0.354 e. The van der Waals surface area contributed by atoms with Crippen LogP contribution in [0.2, 0.25) is 0 Å². The minimum atomic E-state index is -2.58. The van der Waals surface area contributed by atoms with Gasteiger partial charge in [0.15, 0.2) is 5.82 Å². The van der Waals surface area contributed by atoms with Gasteiger partial charge in [-0.2, -0.15) is 4.98 Å². The Bertz CT molecular complexity index is 613. The van der Waals surface area contributed by atoms with Gasteiger partial charge in [0.25, 0.3) is 6.43 Å². The van der Waals surface area contributed by atoms with Gasteiger partial charge in [0, 0.05) is 32.2 Å². The highest BCUT2D eigenvalue weighted by molar-refractivity contribution is 5.40. The van der Waals surface area contributed by atoms with Crippen molar-refractivity contribution >= 4 is 5.82 Å². The second-order valence-electron chi connectivity index (χ2n) is 5.11. The van der Waals surface area contributed by atoms with Crippen LogP contribution in [-0.4, -0.2) is 51.2 Å². The molecule has 1 fully saturated rings. The molecule has 1 aliphatic heterocycles. The van der Waals surface area contributed by atoms with Crippen LogP contribution in [0.3, 0.4) is 0 Å². The molecule has 118 valence electrons. The Kier molecular flexibility index (Phi) is 4.23. The molecule has 0 radical (unpaired) electrons. The van der Waals surface area contributed by atoms with Crippen molar-refractivity contribution in [3.63, 3.8) is 0 Å². The average Bonchev–Trinajstić information content (AvgIpc) is 3.00. The summed E-state index contributed by atoms with van der Waals surface area (Å²) in [5.74, 6) is 1.57. The Morgan fingerprint density at radius 2 is 2.00 bits per heavy atom. The second kappa shape index (κ2) is 6.30. The van der Waals surface area contributed by atoms with Crippen LogP contribution in [0.4, 0.5) is 14.6 Å². The van der Waals surface area contributed by atoms with Gasteiger partial charge in [-0.1, -0.05) is 5.16 Å². The Hall–Kier alpha value is -2.16. The molecule has 7 nitrogen and oxygen atoms in total. The molecule has 1 aliphatic rings. The lowest BCUT2D eigenvalue weighted by atomic mass is 10.3. The Morgan fingerprint density at radius 1 is 1.23 bits per heavy atom. The minimum Gasteiger partial charge on any atom is -0.354 e. The maximum atomic E-state index is 12.8. The Labute approximate surface area is 126 Å². The monoisotopic (exact) mass is 310 g/mol. The molecule has 1 saturated heterocycles. The molecule has 0 aliphatic carbocycles.